The minimum atomic E-state index is -0.169. The summed E-state index contributed by atoms with van der Waals surface area (Å²) in [5, 5.41) is 0. The molecule has 0 aliphatic heterocycles. The fourth-order valence-electron chi connectivity index (χ4n) is 1.42. The summed E-state index contributed by atoms with van der Waals surface area (Å²) in [5.41, 5.74) is 1.03. The van der Waals surface area contributed by atoms with Crippen LogP contribution in [0.15, 0.2) is 18.2 Å². The third kappa shape index (κ3) is 1.29. The van der Waals surface area contributed by atoms with Crippen molar-refractivity contribution in [1.29, 1.82) is 0 Å². The number of ether oxygens (including phenoxy) is 1. The van der Waals surface area contributed by atoms with E-state index >= 15 is 0 Å². The number of benzene rings is 1. The molecule has 64 valence electrons. The van der Waals surface area contributed by atoms with Gasteiger partial charge in [-0.15, -0.1) is 0 Å². The van der Waals surface area contributed by atoms with Crippen LogP contribution in [0.5, 0.6) is 5.75 Å². The summed E-state index contributed by atoms with van der Waals surface area (Å²) in [6.45, 7) is 0. The molecule has 1 saturated carbocycles. The molecule has 0 bridgehead atoms. The highest BCUT2D eigenvalue weighted by molar-refractivity contribution is 5.38. The average molecular weight is 166 g/mol. The molecular formula is C10H11FO. The highest BCUT2D eigenvalue weighted by atomic mass is 19.1. The van der Waals surface area contributed by atoms with E-state index in [0.717, 1.165) is 11.3 Å². The molecule has 0 heterocycles. The second-order valence-corrected chi connectivity index (χ2v) is 3.16. The smallest absolute Gasteiger partial charge is 0.123 e. The maximum Gasteiger partial charge on any atom is 0.123 e. The van der Waals surface area contributed by atoms with Gasteiger partial charge in [-0.3, -0.25) is 0 Å². The number of halogens is 1. The molecule has 0 N–H and O–H groups in total. The predicted octanol–water partition coefficient (Wildman–Crippen LogP) is 2.71. The largest absolute Gasteiger partial charge is 0.496 e. The molecule has 0 spiro atoms. The number of hydrogen-bond acceptors (Lipinski definition) is 1. The molecule has 12 heavy (non-hydrogen) atoms. The van der Waals surface area contributed by atoms with Gasteiger partial charge in [-0.05, 0) is 37.0 Å². The van der Waals surface area contributed by atoms with E-state index in [-0.39, 0.29) is 5.82 Å². The molecule has 0 saturated heterocycles. The van der Waals surface area contributed by atoms with Crippen LogP contribution < -0.4 is 4.74 Å². The molecule has 0 amide bonds. The van der Waals surface area contributed by atoms with E-state index in [1.165, 1.54) is 18.9 Å². The van der Waals surface area contributed by atoms with Gasteiger partial charge in [0.05, 0.1) is 7.11 Å². The Morgan fingerprint density at radius 2 is 2.17 bits per heavy atom. The zero-order valence-corrected chi connectivity index (χ0v) is 7.01. The molecule has 1 aromatic carbocycles. The zero-order valence-electron chi connectivity index (χ0n) is 7.01. The first-order valence-corrected chi connectivity index (χ1v) is 4.14. The highest BCUT2D eigenvalue weighted by Crippen LogP contribution is 2.44. The SMILES string of the molecule is COc1ccc(F)cc1C1CC1. The Bertz CT molecular complexity index is 292. The van der Waals surface area contributed by atoms with Crippen molar-refractivity contribution in [2.45, 2.75) is 18.8 Å². The molecule has 0 aromatic heterocycles. The molecule has 0 radical (unpaired) electrons. The van der Waals surface area contributed by atoms with Crippen molar-refractivity contribution in [1.82, 2.24) is 0 Å². The Morgan fingerprint density at radius 1 is 1.42 bits per heavy atom. The van der Waals surface area contributed by atoms with Gasteiger partial charge >= 0.3 is 0 Å². The van der Waals surface area contributed by atoms with E-state index in [2.05, 4.69) is 0 Å². The van der Waals surface area contributed by atoms with Crippen molar-refractivity contribution in [3.8, 4) is 5.75 Å². The van der Waals surface area contributed by atoms with Crippen molar-refractivity contribution in [2.75, 3.05) is 7.11 Å². The topological polar surface area (TPSA) is 9.23 Å². The lowest BCUT2D eigenvalue weighted by molar-refractivity contribution is 0.408. The second kappa shape index (κ2) is 2.77. The minimum absolute atomic E-state index is 0.169. The normalized spacial score (nSPS) is 16.2. The van der Waals surface area contributed by atoms with Gasteiger partial charge in [0.1, 0.15) is 11.6 Å². The molecule has 1 fully saturated rings. The third-order valence-corrected chi connectivity index (χ3v) is 2.21. The highest BCUT2D eigenvalue weighted by Gasteiger charge is 2.26. The molecule has 1 aliphatic rings. The van der Waals surface area contributed by atoms with Crippen LogP contribution in [0, 0.1) is 5.82 Å². The van der Waals surface area contributed by atoms with Crippen molar-refractivity contribution in [3.05, 3.63) is 29.6 Å². The lowest BCUT2D eigenvalue weighted by atomic mass is 10.1. The van der Waals surface area contributed by atoms with E-state index in [1.54, 1.807) is 19.2 Å². The summed E-state index contributed by atoms with van der Waals surface area (Å²) in [5.74, 6) is 1.19. The Balaban J connectivity index is 2.39. The van der Waals surface area contributed by atoms with Gasteiger partial charge < -0.3 is 4.74 Å². The van der Waals surface area contributed by atoms with Crippen LogP contribution >= 0.6 is 0 Å². The molecular weight excluding hydrogens is 155 g/mol. The fraction of sp³-hybridized carbons (Fsp3) is 0.400. The summed E-state index contributed by atoms with van der Waals surface area (Å²) >= 11 is 0. The molecule has 1 nitrogen and oxygen atoms in total. The predicted molar refractivity (Wildman–Crippen MR) is 44.9 cm³/mol. The lowest BCUT2D eigenvalue weighted by Crippen LogP contribution is -1.90. The van der Waals surface area contributed by atoms with Crippen LogP contribution in [-0.4, -0.2) is 7.11 Å². The van der Waals surface area contributed by atoms with E-state index in [1.807, 2.05) is 0 Å². The Kier molecular flexibility index (Phi) is 1.75. The first kappa shape index (κ1) is 7.59. The van der Waals surface area contributed by atoms with Crippen LogP contribution in [0.25, 0.3) is 0 Å². The van der Waals surface area contributed by atoms with Crippen molar-refractivity contribution >= 4 is 0 Å². The third-order valence-electron chi connectivity index (χ3n) is 2.21. The Hall–Kier alpha value is -1.05. The summed E-state index contributed by atoms with van der Waals surface area (Å²) in [7, 11) is 1.62. The van der Waals surface area contributed by atoms with Gasteiger partial charge in [0.2, 0.25) is 0 Å². The van der Waals surface area contributed by atoms with Gasteiger partial charge in [0.25, 0.3) is 0 Å². The fourth-order valence-corrected chi connectivity index (χ4v) is 1.42. The molecule has 0 unspecified atom stereocenters. The molecule has 2 rings (SSSR count). The van der Waals surface area contributed by atoms with Crippen LogP contribution in [0.2, 0.25) is 0 Å². The monoisotopic (exact) mass is 166 g/mol. The molecule has 1 aliphatic carbocycles. The van der Waals surface area contributed by atoms with Crippen LogP contribution in [0.3, 0.4) is 0 Å². The lowest BCUT2D eigenvalue weighted by Gasteiger charge is -2.06. The van der Waals surface area contributed by atoms with Crippen molar-refractivity contribution < 1.29 is 9.13 Å². The van der Waals surface area contributed by atoms with Crippen LogP contribution in [0.1, 0.15) is 24.3 Å². The van der Waals surface area contributed by atoms with Gasteiger partial charge in [0, 0.05) is 5.56 Å². The van der Waals surface area contributed by atoms with Gasteiger partial charge in [0.15, 0.2) is 0 Å². The Morgan fingerprint density at radius 3 is 2.75 bits per heavy atom. The van der Waals surface area contributed by atoms with Crippen molar-refractivity contribution in [2.24, 2.45) is 0 Å². The number of methoxy groups -OCH3 is 1. The standard InChI is InChI=1S/C10H11FO/c1-12-10-5-4-8(11)6-9(10)7-2-3-7/h4-7H,2-3H2,1H3. The zero-order chi connectivity index (χ0) is 8.55. The van der Waals surface area contributed by atoms with E-state index < -0.39 is 0 Å². The molecule has 2 heteroatoms. The first-order valence-electron chi connectivity index (χ1n) is 4.14. The van der Waals surface area contributed by atoms with E-state index in [0.29, 0.717) is 5.92 Å². The van der Waals surface area contributed by atoms with Gasteiger partial charge in [-0.2, -0.15) is 0 Å². The molecule has 1 aromatic rings. The summed E-state index contributed by atoms with van der Waals surface area (Å²) < 4.78 is 18.0. The average Bonchev–Trinajstić information content (AvgIpc) is 2.87. The van der Waals surface area contributed by atoms with Gasteiger partial charge in [-0.25, -0.2) is 4.39 Å². The number of rotatable bonds is 2. The summed E-state index contributed by atoms with van der Waals surface area (Å²) in [6, 6.07) is 4.71. The minimum Gasteiger partial charge on any atom is -0.496 e. The molecule has 0 atom stereocenters. The van der Waals surface area contributed by atoms with Crippen LogP contribution in [-0.2, 0) is 0 Å². The quantitative estimate of drug-likeness (QED) is 0.656. The Labute approximate surface area is 71.2 Å². The van der Waals surface area contributed by atoms with E-state index in [9.17, 15) is 4.39 Å². The summed E-state index contributed by atoms with van der Waals surface area (Å²) in [6.07, 6.45) is 2.33. The van der Waals surface area contributed by atoms with E-state index in [4.69, 9.17) is 4.74 Å². The summed E-state index contributed by atoms with van der Waals surface area (Å²) in [4.78, 5) is 0. The number of hydrogen-bond donors (Lipinski definition) is 0. The first-order chi connectivity index (χ1) is 5.81. The van der Waals surface area contributed by atoms with Crippen LogP contribution in [0.4, 0.5) is 4.39 Å². The van der Waals surface area contributed by atoms with Gasteiger partial charge in [-0.1, -0.05) is 0 Å². The maximum atomic E-state index is 12.8. The second-order valence-electron chi connectivity index (χ2n) is 3.16. The maximum absolute atomic E-state index is 12.8. The van der Waals surface area contributed by atoms with Crippen molar-refractivity contribution in [3.63, 3.8) is 0 Å².